The minimum absolute atomic E-state index is 0.240. The van der Waals surface area contributed by atoms with Gasteiger partial charge in [-0.1, -0.05) is 27.7 Å². The molecule has 0 aromatic heterocycles. The van der Waals surface area contributed by atoms with Crippen LogP contribution in [0.5, 0.6) is 0 Å². The molecule has 0 aliphatic heterocycles. The molecule has 0 aromatic carbocycles. The van der Waals surface area contributed by atoms with Crippen LogP contribution < -0.4 is 5.32 Å². The molecule has 0 aromatic rings. The van der Waals surface area contributed by atoms with Crippen LogP contribution in [0.1, 0.15) is 40.5 Å². The van der Waals surface area contributed by atoms with E-state index in [4.69, 9.17) is 0 Å². The van der Waals surface area contributed by atoms with Crippen molar-refractivity contribution in [3.8, 4) is 0 Å². The second-order valence-corrected chi connectivity index (χ2v) is 7.70. The highest BCUT2D eigenvalue weighted by Gasteiger charge is 2.19. The zero-order valence-electron chi connectivity index (χ0n) is 10.6. The van der Waals surface area contributed by atoms with Crippen LogP contribution in [0.25, 0.3) is 0 Å². The molecule has 92 valence electrons. The van der Waals surface area contributed by atoms with Gasteiger partial charge in [-0.25, -0.2) is 8.42 Å². The largest absolute Gasteiger partial charge is 0.314 e. The van der Waals surface area contributed by atoms with Crippen molar-refractivity contribution in [3.63, 3.8) is 0 Å². The highest BCUT2D eigenvalue weighted by atomic mass is 32.2. The van der Waals surface area contributed by atoms with E-state index in [0.717, 1.165) is 13.0 Å². The lowest BCUT2D eigenvalue weighted by atomic mass is 9.87. The number of sulfone groups is 1. The van der Waals surface area contributed by atoms with E-state index in [9.17, 15) is 8.42 Å². The molecule has 0 radical (unpaired) electrons. The van der Waals surface area contributed by atoms with Crippen LogP contribution in [-0.4, -0.2) is 33.0 Å². The lowest BCUT2D eigenvalue weighted by Crippen LogP contribution is -2.34. The van der Waals surface area contributed by atoms with Crippen LogP contribution in [0, 0.1) is 5.41 Å². The highest BCUT2D eigenvalue weighted by Crippen LogP contribution is 2.22. The quantitative estimate of drug-likeness (QED) is 0.764. The second-order valence-electron chi connectivity index (χ2n) is 5.44. The molecule has 0 saturated heterocycles. The van der Waals surface area contributed by atoms with Crippen molar-refractivity contribution in [2.75, 3.05) is 18.6 Å². The van der Waals surface area contributed by atoms with Gasteiger partial charge in [0.05, 0.1) is 5.75 Å². The molecule has 0 saturated carbocycles. The second kappa shape index (κ2) is 5.85. The molecule has 0 bridgehead atoms. The van der Waals surface area contributed by atoms with Crippen molar-refractivity contribution in [1.82, 2.24) is 5.32 Å². The molecule has 0 rings (SSSR count). The predicted molar refractivity (Wildman–Crippen MR) is 65.9 cm³/mol. The predicted octanol–water partition coefficient (Wildman–Crippen LogP) is 1.84. The fourth-order valence-corrected chi connectivity index (χ4v) is 2.37. The van der Waals surface area contributed by atoms with Crippen molar-refractivity contribution < 1.29 is 8.42 Å². The van der Waals surface area contributed by atoms with E-state index in [2.05, 4.69) is 33.0 Å². The Kier molecular flexibility index (Phi) is 5.81. The first-order valence-corrected chi connectivity index (χ1v) is 7.61. The average molecular weight is 235 g/mol. The zero-order valence-corrected chi connectivity index (χ0v) is 11.4. The third-order valence-corrected chi connectivity index (χ3v) is 3.17. The minimum Gasteiger partial charge on any atom is -0.314 e. The first-order valence-electron chi connectivity index (χ1n) is 5.55. The molecule has 1 unspecified atom stereocenters. The van der Waals surface area contributed by atoms with E-state index >= 15 is 0 Å². The summed E-state index contributed by atoms with van der Waals surface area (Å²) in [4.78, 5) is 0. The topological polar surface area (TPSA) is 46.2 Å². The molecule has 15 heavy (non-hydrogen) atoms. The Morgan fingerprint density at radius 2 is 1.80 bits per heavy atom. The smallest absolute Gasteiger partial charge is 0.147 e. The van der Waals surface area contributed by atoms with E-state index < -0.39 is 9.84 Å². The third kappa shape index (κ3) is 10.2. The first kappa shape index (κ1) is 14.9. The lowest BCUT2D eigenvalue weighted by Gasteiger charge is -2.26. The summed E-state index contributed by atoms with van der Waals surface area (Å²) in [5.74, 6) is 0.279. The van der Waals surface area contributed by atoms with E-state index in [1.165, 1.54) is 6.26 Å². The molecule has 1 N–H and O–H groups in total. The minimum atomic E-state index is -2.83. The van der Waals surface area contributed by atoms with Crippen LogP contribution >= 0.6 is 0 Å². The summed E-state index contributed by atoms with van der Waals surface area (Å²) in [6, 6.07) is 0.310. The first-order chi connectivity index (χ1) is 6.64. The van der Waals surface area contributed by atoms with Gasteiger partial charge in [0.15, 0.2) is 0 Å². The number of nitrogens with one attached hydrogen (secondary N) is 1. The van der Waals surface area contributed by atoms with Gasteiger partial charge in [-0.15, -0.1) is 0 Å². The highest BCUT2D eigenvalue weighted by molar-refractivity contribution is 7.90. The summed E-state index contributed by atoms with van der Waals surface area (Å²) >= 11 is 0. The molecule has 0 amide bonds. The van der Waals surface area contributed by atoms with E-state index in [0.29, 0.717) is 12.5 Å². The van der Waals surface area contributed by atoms with Gasteiger partial charge in [0.25, 0.3) is 0 Å². The van der Waals surface area contributed by atoms with Gasteiger partial charge < -0.3 is 5.32 Å². The molecule has 0 spiro atoms. The number of hydrogen-bond donors (Lipinski definition) is 1. The summed E-state index contributed by atoms with van der Waals surface area (Å²) in [6.45, 7) is 9.48. The van der Waals surface area contributed by atoms with Gasteiger partial charge in [-0.2, -0.15) is 0 Å². The van der Waals surface area contributed by atoms with Gasteiger partial charge in [0.1, 0.15) is 9.84 Å². The van der Waals surface area contributed by atoms with Gasteiger partial charge >= 0.3 is 0 Å². The maximum Gasteiger partial charge on any atom is 0.147 e. The van der Waals surface area contributed by atoms with Crippen LogP contribution in [-0.2, 0) is 9.84 Å². The Labute approximate surface area is 94.6 Å². The third-order valence-electron chi connectivity index (χ3n) is 2.19. The van der Waals surface area contributed by atoms with Crippen LogP contribution in [0.2, 0.25) is 0 Å². The van der Waals surface area contributed by atoms with E-state index in [1.807, 2.05) is 0 Å². The fraction of sp³-hybridized carbons (Fsp3) is 1.00. The molecule has 1 atom stereocenters. The van der Waals surface area contributed by atoms with E-state index in [1.54, 1.807) is 0 Å². The van der Waals surface area contributed by atoms with Gasteiger partial charge in [0.2, 0.25) is 0 Å². The molecule has 0 aliphatic rings. The summed E-state index contributed by atoms with van der Waals surface area (Å²) in [5.41, 5.74) is 0.240. The SMILES string of the molecule is CCNC(CCS(C)(=O)=O)CC(C)(C)C. The molecule has 0 heterocycles. The summed E-state index contributed by atoms with van der Waals surface area (Å²) in [6.07, 6.45) is 3.02. The van der Waals surface area contributed by atoms with Crippen molar-refractivity contribution in [3.05, 3.63) is 0 Å². The average Bonchev–Trinajstić information content (AvgIpc) is 1.96. The molecule has 0 aliphatic carbocycles. The van der Waals surface area contributed by atoms with E-state index in [-0.39, 0.29) is 11.2 Å². The van der Waals surface area contributed by atoms with Gasteiger partial charge in [-0.3, -0.25) is 0 Å². The maximum absolute atomic E-state index is 11.1. The van der Waals surface area contributed by atoms with Gasteiger partial charge in [-0.05, 0) is 24.8 Å². The molecular weight excluding hydrogens is 210 g/mol. The lowest BCUT2D eigenvalue weighted by molar-refractivity contribution is 0.306. The maximum atomic E-state index is 11.1. The molecule has 4 heteroatoms. The van der Waals surface area contributed by atoms with Crippen molar-refractivity contribution in [1.29, 1.82) is 0 Å². The Balaban J connectivity index is 4.17. The van der Waals surface area contributed by atoms with Crippen LogP contribution in [0.3, 0.4) is 0 Å². The van der Waals surface area contributed by atoms with Crippen molar-refractivity contribution in [2.45, 2.75) is 46.6 Å². The Hall–Kier alpha value is -0.0900. The Morgan fingerprint density at radius 3 is 2.13 bits per heavy atom. The monoisotopic (exact) mass is 235 g/mol. The Morgan fingerprint density at radius 1 is 1.27 bits per heavy atom. The van der Waals surface area contributed by atoms with Crippen LogP contribution in [0.4, 0.5) is 0 Å². The molecular formula is C11H25NO2S. The fourth-order valence-electron chi connectivity index (χ4n) is 1.66. The Bertz CT molecular complexity index is 265. The zero-order chi connectivity index (χ0) is 12.1. The summed E-state index contributed by atoms with van der Waals surface area (Å²) in [7, 11) is -2.83. The number of rotatable bonds is 6. The van der Waals surface area contributed by atoms with Crippen LogP contribution in [0.15, 0.2) is 0 Å². The standard InChI is InChI=1S/C11H25NO2S/c1-6-12-10(9-11(2,3)4)7-8-15(5,13)14/h10,12H,6-9H2,1-5H3. The number of hydrogen-bond acceptors (Lipinski definition) is 3. The van der Waals surface area contributed by atoms with Gasteiger partial charge in [0, 0.05) is 12.3 Å². The summed E-state index contributed by atoms with van der Waals surface area (Å²) in [5, 5.41) is 3.35. The van der Waals surface area contributed by atoms with Crippen molar-refractivity contribution in [2.24, 2.45) is 5.41 Å². The van der Waals surface area contributed by atoms with Crippen molar-refractivity contribution >= 4 is 9.84 Å². The molecule has 0 fully saturated rings. The summed E-state index contributed by atoms with van der Waals surface area (Å²) < 4.78 is 22.2. The molecule has 3 nitrogen and oxygen atoms in total. The normalized spacial score (nSPS) is 15.3.